The van der Waals surface area contributed by atoms with Gasteiger partial charge in [0.1, 0.15) is 0 Å². The van der Waals surface area contributed by atoms with Crippen LogP contribution >= 0.6 is 0 Å². The van der Waals surface area contributed by atoms with Gasteiger partial charge in [0.05, 0.1) is 0 Å². The van der Waals surface area contributed by atoms with Crippen LogP contribution in [0.1, 0.15) is 36.8 Å². The second-order valence-corrected chi connectivity index (χ2v) is 8.20. The van der Waals surface area contributed by atoms with Crippen molar-refractivity contribution >= 4 is 5.91 Å². The quantitative estimate of drug-likeness (QED) is 0.869. The summed E-state index contributed by atoms with van der Waals surface area (Å²) in [6, 6.07) is 14.3. The molecule has 1 N–H and O–H groups in total. The smallest absolute Gasteiger partial charge is 0.247 e. The van der Waals surface area contributed by atoms with Crippen molar-refractivity contribution in [3.8, 4) is 0 Å². The summed E-state index contributed by atoms with van der Waals surface area (Å²) in [6.45, 7) is 3.77. The molecule has 0 spiro atoms. The van der Waals surface area contributed by atoms with E-state index in [0.717, 1.165) is 39.0 Å². The van der Waals surface area contributed by atoms with Gasteiger partial charge in [-0.15, -0.1) is 0 Å². The molecule has 2 aromatic rings. The van der Waals surface area contributed by atoms with Gasteiger partial charge in [-0.1, -0.05) is 36.4 Å². The lowest BCUT2D eigenvalue weighted by Crippen LogP contribution is -2.52. The van der Waals surface area contributed by atoms with Crippen molar-refractivity contribution in [2.75, 3.05) is 19.6 Å². The number of H-pyrrole nitrogens is 1. The number of benzene rings is 1. The highest BCUT2D eigenvalue weighted by molar-refractivity contribution is 5.77. The van der Waals surface area contributed by atoms with Crippen LogP contribution in [0.15, 0.2) is 53.5 Å². The van der Waals surface area contributed by atoms with E-state index in [9.17, 15) is 9.59 Å². The zero-order valence-electron chi connectivity index (χ0n) is 16.3. The van der Waals surface area contributed by atoms with E-state index in [2.05, 4.69) is 22.0 Å². The number of pyridine rings is 1. The average molecular weight is 380 g/mol. The average Bonchev–Trinajstić information content (AvgIpc) is 2.73. The van der Waals surface area contributed by atoms with Gasteiger partial charge in [-0.05, 0) is 55.8 Å². The molecule has 2 aliphatic heterocycles. The van der Waals surface area contributed by atoms with Crippen LogP contribution in [-0.2, 0) is 17.8 Å². The molecule has 1 amide bonds. The van der Waals surface area contributed by atoms with Crippen LogP contribution in [0.2, 0.25) is 0 Å². The normalized spacial score (nSPS) is 21.8. The van der Waals surface area contributed by atoms with Crippen LogP contribution in [0, 0.1) is 5.92 Å². The fraction of sp³-hybridized carbons (Fsp3) is 0.478. The maximum absolute atomic E-state index is 12.4. The van der Waals surface area contributed by atoms with E-state index in [4.69, 9.17) is 0 Å². The van der Waals surface area contributed by atoms with E-state index in [1.165, 1.54) is 24.0 Å². The molecule has 1 unspecified atom stereocenters. The van der Waals surface area contributed by atoms with Crippen molar-refractivity contribution in [2.24, 2.45) is 5.92 Å². The van der Waals surface area contributed by atoms with Gasteiger partial charge in [0.2, 0.25) is 11.5 Å². The Balaban J connectivity index is 1.29. The third kappa shape index (κ3) is 4.71. The first-order valence-electron chi connectivity index (χ1n) is 10.4. The molecule has 28 heavy (non-hydrogen) atoms. The van der Waals surface area contributed by atoms with Gasteiger partial charge >= 0.3 is 0 Å². The first-order chi connectivity index (χ1) is 13.7. The second kappa shape index (κ2) is 8.74. The van der Waals surface area contributed by atoms with Gasteiger partial charge < -0.3 is 9.88 Å². The Morgan fingerprint density at radius 2 is 1.71 bits per heavy atom. The standard InChI is InChI=1S/C23H29N3O2/c27-22-8-6-20(15-24-22)14-18-10-12-25(13-11-18)21-7-9-23(28)26(17-21)16-19-4-2-1-3-5-19/h1-6,8,15,18,21H,7,9-14,16-17H2,(H,24,27). The molecule has 2 saturated heterocycles. The molecule has 0 aliphatic carbocycles. The van der Waals surface area contributed by atoms with Crippen molar-refractivity contribution in [1.82, 2.24) is 14.8 Å². The van der Waals surface area contributed by atoms with E-state index in [1.54, 1.807) is 6.07 Å². The zero-order valence-corrected chi connectivity index (χ0v) is 16.3. The minimum Gasteiger partial charge on any atom is -0.337 e. The van der Waals surface area contributed by atoms with Crippen LogP contribution in [0.4, 0.5) is 0 Å². The molecule has 1 aromatic carbocycles. The van der Waals surface area contributed by atoms with E-state index >= 15 is 0 Å². The molecule has 1 aromatic heterocycles. The molecular weight excluding hydrogens is 350 g/mol. The van der Waals surface area contributed by atoms with Gasteiger partial charge in [0.15, 0.2) is 0 Å². The summed E-state index contributed by atoms with van der Waals surface area (Å²) in [5.74, 6) is 0.959. The molecule has 148 valence electrons. The predicted octanol–water partition coefficient (Wildman–Crippen LogP) is 2.82. The van der Waals surface area contributed by atoms with Crippen LogP contribution in [0.5, 0.6) is 0 Å². The molecule has 0 saturated carbocycles. The predicted molar refractivity (Wildman–Crippen MR) is 110 cm³/mol. The van der Waals surface area contributed by atoms with Gasteiger partial charge in [-0.3, -0.25) is 14.5 Å². The van der Waals surface area contributed by atoms with Crippen LogP contribution in [0.3, 0.4) is 0 Å². The Labute approximate surface area is 166 Å². The number of carbonyl (C=O) groups excluding carboxylic acids is 1. The zero-order chi connectivity index (χ0) is 19.3. The maximum Gasteiger partial charge on any atom is 0.247 e. The number of hydrogen-bond donors (Lipinski definition) is 1. The number of aromatic amines is 1. The Hall–Kier alpha value is -2.40. The molecular formula is C23H29N3O2. The third-order valence-electron chi connectivity index (χ3n) is 6.23. The molecule has 5 nitrogen and oxygen atoms in total. The Morgan fingerprint density at radius 1 is 0.929 bits per heavy atom. The minimum atomic E-state index is -0.0366. The number of aromatic nitrogens is 1. The summed E-state index contributed by atoms with van der Waals surface area (Å²) in [6.07, 6.45) is 6.89. The lowest BCUT2D eigenvalue weighted by atomic mass is 9.89. The Kier molecular flexibility index (Phi) is 5.91. The fourth-order valence-electron chi connectivity index (χ4n) is 4.58. The Bertz CT molecular complexity index is 820. The molecule has 4 rings (SSSR count). The number of piperidine rings is 2. The molecule has 0 radical (unpaired) electrons. The number of nitrogens with zero attached hydrogens (tertiary/aromatic N) is 2. The number of amides is 1. The molecule has 1 atom stereocenters. The highest BCUT2D eigenvalue weighted by Gasteiger charge is 2.31. The van der Waals surface area contributed by atoms with Crippen LogP contribution < -0.4 is 5.56 Å². The summed E-state index contributed by atoms with van der Waals surface area (Å²) >= 11 is 0. The fourth-order valence-corrected chi connectivity index (χ4v) is 4.58. The lowest BCUT2D eigenvalue weighted by molar-refractivity contribution is -0.136. The van der Waals surface area contributed by atoms with Crippen molar-refractivity contribution < 1.29 is 4.79 Å². The van der Waals surface area contributed by atoms with E-state index in [1.807, 2.05) is 35.4 Å². The van der Waals surface area contributed by atoms with Crippen LogP contribution in [0.25, 0.3) is 0 Å². The van der Waals surface area contributed by atoms with Crippen molar-refractivity contribution in [2.45, 2.75) is 44.7 Å². The van der Waals surface area contributed by atoms with Crippen LogP contribution in [-0.4, -0.2) is 46.4 Å². The maximum atomic E-state index is 12.4. The van der Waals surface area contributed by atoms with Crippen molar-refractivity contribution in [1.29, 1.82) is 0 Å². The highest BCUT2D eigenvalue weighted by Crippen LogP contribution is 2.26. The summed E-state index contributed by atoms with van der Waals surface area (Å²) < 4.78 is 0. The summed E-state index contributed by atoms with van der Waals surface area (Å²) in [5.41, 5.74) is 2.39. The molecule has 0 bridgehead atoms. The van der Waals surface area contributed by atoms with E-state index in [-0.39, 0.29) is 11.5 Å². The Morgan fingerprint density at radius 3 is 2.43 bits per heavy atom. The van der Waals surface area contributed by atoms with Crippen molar-refractivity contribution in [3.63, 3.8) is 0 Å². The van der Waals surface area contributed by atoms with Gasteiger partial charge in [0, 0.05) is 37.8 Å². The summed E-state index contributed by atoms with van der Waals surface area (Å²) in [7, 11) is 0. The lowest BCUT2D eigenvalue weighted by Gasteiger charge is -2.42. The molecule has 3 heterocycles. The summed E-state index contributed by atoms with van der Waals surface area (Å²) in [4.78, 5) is 31.0. The van der Waals surface area contributed by atoms with E-state index < -0.39 is 0 Å². The number of hydrogen-bond acceptors (Lipinski definition) is 3. The monoisotopic (exact) mass is 379 g/mol. The molecule has 2 aliphatic rings. The number of rotatable bonds is 5. The van der Waals surface area contributed by atoms with Crippen molar-refractivity contribution in [3.05, 3.63) is 70.1 Å². The number of nitrogens with one attached hydrogen (secondary N) is 1. The summed E-state index contributed by atoms with van der Waals surface area (Å²) in [5, 5.41) is 0. The number of likely N-dealkylation sites (tertiary alicyclic amines) is 2. The minimum absolute atomic E-state index is 0.0366. The number of carbonyl (C=O) groups is 1. The van der Waals surface area contributed by atoms with E-state index in [0.29, 0.717) is 18.4 Å². The molecule has 5 heteroatoms. The second-order valence-electron chi connectivity index (χ2n) is 8.20. The topological polar surface area (TPSA) is 56.4 Å². The first-order valence-corrected chi connectivity index (χ1v) is 10.4. The first kappa shape index (κ1) is 18.9. The van der Waals surface area contributed by atoms with Gasteiger partial charge in [-0.25, -0.2) is 0 Å². The third-order valence-corrected chi connectivity index (χ3v) is 6.23. The van der Waals surface area contributed by atoms with Gasteiger partial charge in [-0.2, -0.15) is 0 Å². The largest absolute Gasteiger partial charge is 0.337 e. The van der Waals surface area contributed by atoms with Gasteiger partial charge in [0.25, 0.3) is 0 Å². The highest BCUT2D eigenvalue weighted by atomic mass is 16.2. The SMILES string of the molecule is O=C1CCC(N2CCC(Cc3ccc(=O)[nH]c3)CC2)CN1Cc1ccccc1. The molecule has 2 fully saturated rings.